The number of phosphoric ester groups is 1. The molecule has 0 spiro atoms. The van der Waals surface area contributed by atoms with E-state index in [1.807, 2.05) is 0 Å². The van der Waals surface area contributed by atoms with Gasteiger partial charge in [0.25, 0.3) is 0 Å². The summed E-state index contributed by atoms with van der Waals surface area (Å²) in [6.45, 7) is 3.78. The third-order valence-electron chi connectivity index (χ3n) is 12.2. The smallest absolute Gasteiger partial charge is 0.462 e. The Balaban J connectivity index is 3.90. The first kappa shape index (κ1) is 61.8. The quantitative estimate of drug-likeness (QED) is 0.0265. The molecule has 9 nitrogen and oxygen atoms in total. The first-order chi connectivity index (χ1) is 30.8. The second-order valence-corrected chi connectivity index (χ2v) is 19.9. The lowest BCUT2D eigenvalue weighted by Gasteiger charge is -2.19. The predicted molar refractivity (Wildman–Crippen MR) is 266 cm³/mol. The van der Waals surface area contributed by atoms with Gasteiger partial charge < -0.3 is 20.1 Å². The Bertz CT molecular complexity index is 1040. The minimum absolute atomic E-state index is 0.0551. The topological polar surface area (TPSA) is 134 Å². The van der Waals surface area contributed by atoms with Crippen molar-refractivity contribution < 1.29 is 37.6 Å². The van der Waals surface area contributed by atoms with Crippen LogP contribution in [0.1, 0.15) is 284 Å². The minimum atomic E-state index is -4.38. The number of rotatable bonds is 52. The molecule has 0 aromatic carbocycles. The standard InChI is InChI=1S/C53H104NO8P/c1-3-5-7-9-11-13-15-17-19-20-21-22-23-24-25-26-27-28-29-30-32-33-35-37-39-41-43-45-52(55)59-49-51(50-61-63(57,58)60-48-47-54)62-53(56)46-44-42-40-38-36-34-31-18-16-14-12-10-8-6-4-2/h18,31,51H,3-17,19-30,32-50,54H2,1-2H3,(H,57,58)/b31-18-/t51-/m1/s1. The third-order valence-corrected chi connectivity index (χ3v) is 13.1. The van der Waals surface area contributed by atoms with Crippen LogP contribution in [0.4, 0.5) is 0 Å². The highest BCUT2D eigenvalue weighted by Crippen LogP contribution is 2.43. The maximum atomic E-state index is 12.6. The number of allylic oxidation sites excluding steroid dienone is 2. The van der Waals surface area contributed by atoms with Gasteiger partial charge in [-0.15, -0.1) is 0 Å². The van der Waals surface area contributed by atoms with Crippen molar-refractivity contribution in [2.75, 3.05) is 26.4 Å². The molecule has 0 aromatic heterocycles. The Morgan fingerprint density at radius 3 is 1.13 bits per heavy atom. The summed E-state index contributed by atoms with van der Waals surface area (Å²) >= 11 is 0. The number of carbonyl (C=O) groups excluding carboxylic acids is 2. The lowest BCUT2D eigenvalue weighted by atomic mass is 10.0. The number of phosphoric acid groups is 1. The van der Waals surface area contributed by atoms with Crippen LogP contribution in [0.5, 0.6) is 0 Å². The number of nitrogens with two attached hydrogens (primary N) is 1. The van der Waals surface area contributed by atoms with Crippen LogP contribution in [0, 0.1) is 0 Å². The van der Waals surface area contributed by atoms with E-state index in [1.165, 1.54) is 199 Å². The Morgan fingerprint density at radius 2 is 0.778 bits per heavy atom. The Hall–Kier alpha value is -1.25. The van der Waals surface area contributed by atoms with E-state index in [-0.39, 0.29) is 38.6 Å². The molecule has 3 N–H and O–H groups in total. The zero-order chi connectivity index (χ0) is 46.0. The molecular formula is C53H104NO8P. The van der Waals surface area contributed by atoms with Crippen molar-refractivity contribution in [3.05, 3.63) is 12.2 Å². The molecular weight excluding hydrogens is 810 g/mol. The predicted octanol–water partition coefficient (Wildman–Crippen LogP) is 16.5. The van der Waals surface area contributed by atoms with Crippen LogP contribution in [0.15, 0.2) is 12.2 Å². The largest absolute Gasteiger partial charge is 0.472 e. The lowest BCUT2D eigenvalue weighted by molar-refractivity contribution is -0.161. The second kappa shape index (κ2) is 50.2. The van der Waals surface area contributed by atoms with Crippen molar-refractivity contribution in [2.24, 2.45) is 5.73 Å². The van der Waals surface area contributed by atoms with E-state index < -0.39 is 26.5 Å². The van der Waals surface area contributed by atoms with Gasteiger partial charge in [-0.25, -0.2) is 4.57 Å². The number of hydrogen-bond donors (Lipinski definition) is 2. The highest BCUT2D eigenvalue weighted by atomic mass is 31.2. The van der Waals surface area contributed by atoms with Crippen molar-refractivity contribution in [3.8, 4) is 0 Å². The molecule has 0 saturated carbocycles. The molecule has 0 aliphatic heterocycles. The fraction of sp³-hybridized carbons (Fsp3) is 0.925. The molecule has 0 radical (unpaired) electrons. The zero-order valence-electron chi connectivity index (χ0n) is 41.6. The van der Waals surface area contributed by atoms with Crippen LogP contribution in [0.2, 0.25) is 0 Å². The normalized spacial score (nSPS) is 13.1. The molecule has 0 fully saturated rings. The van der Waals surface area contributed by atoms with Gasteiger partial charge in [-0.05, 0) is 38.5 Å². The summed E-state index contributed by atoms with van der Waals surface area (Å²) < 4.78 is 32.9. The van der Waals surface area contributed by atoms with E-state index in [1.54, 1.807) is 0 Å². The molecule has 374 valence electrons. The maximum absolute atomic E-state index is 12.6. The summed E-state index contributed by atoms with van der Waals surface area (Å²) in [6, 6.07) is 0. The van der Waals surface area contributed by atoms with Gasteiger partial charge in [0.2, 0.25) is 0 Å². The lowest BCUT2D eigenvalue weighted by Crippen LogP contribution is -2.29. The van der Waals surface area contributed by atoms with E-state index >= 15 is 0 Å². The molecule has 0 saturated heterocycles. The molecule has 2 atom stereocenters. The number of esters is 2. The fourth-order valence-electron chi connectivity index (χ4n) is 8.10. The average Bonchev–Trinajstić information content (AvgIpc) is 3.27. The van der Waals surface area contributed by atoms with Gasteiger partial charge in [0, 0.05) is 19.4 Å². The van der Waals surface area contributed by atoms with Crippen molar-refractivity contribution in [1.82, 2.24) is 0 Å². The molecule has 1 unspecified atom stereocenters. The number of hydrogen-bond acceptors (Lipinski definition) is 8. The van der Waals surface area contributed by atoms with Crippen LogP contribution in [0.3, 0.4) is 0 Å². The number of ether oxygens (including phenoxy) is 2. The van der Waals surface area contributed by atoms with Crippen LogP contribution < -0.4 is 5.73 Å². The van der Waals surface area contributed by atoms with Gasteiger partial charge in [0.1, 0.15) is 6.61 Å². The SMILES string of the molecule is CCCCCCCC/C=C\CCCCCCCC(=O)O[C@H](COC(=O)CCCCCCCCCCCCCCCCCCCCCCCCCCCCC)COP(=O)(O)OCCN. The van der Waals surface area contributed by atoms with E-state index in [4.69, 9.17) is 24.3 Å². The molecule has 63 heavy (non-hydrogen) atoms. The van der Waals surface area contributed by atoms with Crippen molar-refractivity contribution in [2.45, 2.75) is 290 Å². The monoisotopic (exact) mass is 914 g/mol. The molecule has 0 aromatic rings. The highest BCUT2D eigenvalue weighted by Gasteiger charge is 2.26. The fourth-order valence-corrected chi connectivity index (χ4v) is 8.87. The van der Waals surface area contributed by atoms with Crippen LogP contribution in [-0.4, -0.2) is 49.3 Å². The van der Waals surface area contributed by atoms with Gasteiger partial charge in [-0.3, -0.25) is 18.6 Å². The molecule has 0 aliphatic carbocycles. The number of carbonyl (C=O) groups is 2. The van der Waals surface area contributed by atoms with Crippen LogP contribution >= 0.6 is 7.82 Å². The summed E-state index contributed by atoms with van der Waals surface area (Å²) in [6.07, 6.45) is 55.6. The van der Waals surface area contributed by atoms with Gasteiger partial charge in [-0.2, -0.15) is 0 Å². The first-order valence-electron chi connectivity index (χ1n) is 27.2. The van der Waals surface area contributed by atoms with Gasteiger partial charge in [0.05, 0.1) is 13.2 Å². The summed E-state index contributed by atoms with van der Waals surface area (Å²) in [7, 11) is -4.38. The molecule has 0 rings (SSSR count). The molecule has 10 heteroatoms. The van der Waals surface area contributed by atoms with Gasteiger partial charge in [-0.1, -0.05) is 244 Å². The van der Waals surface area contributed by atoms with Crippen LogP contribution in [-0.2, 0) is 32.7 Å². The van der Waals surface area contributed by atoms with E-state index in [2.05, 4.69) is 26.0 Å². The molecule has 0 bridgehead atoms. The van der Waals surface area contributed by atoms with Crippen molar-refractivity contribution >= 4 is 19.8 Å². The minimum Gasteiger partial charge on any atom is -0.462 e. The Kier molecular flexibility index (Phi) is 49.2. The van der Waals surface area contributed by atoms with Gasteiger partial charge >= 0.3 is 19.8 Å². The van der Waals surface area contributed by atoms with Crippen molar-refractivity contribution in [1.29, 1.82) is 0 Å². The summed E-state index contributed by atoms with van der Waals surface area (Å²) in [4.78, 5) is 35.0. The summed E-state index contributed by atoms with van der Waals surface area (Å²) in [5.74, 6) is -0.821. The van der Waals surface area contributed by atoms with Crippen LogP contribution in [0.25, 0.3) is 0 Å². The molecule has 0 amide bonds. The number of unbranched alkanes of at least 4 members (excludes halogenated alkanes) is 37. The van der Waals surface area contributed by atoms with E-state index in [9.17, 15) is 19.0 Å². The first-order valence-corrected chi connectivity index (χ1v) is 28.7. The average molecular weight is 914 g/mol. The molecule has 0 heterocycles. The highest BCUT2D eigenvalue weighted by molar-refractivity contribution is 7.47. The zero-order valence-corrected chi connectivity index (χ0v) is 42.5. The molecule has 0 aliphatic rings. The third kappa shape index (κ3) is 50.0. The van der Waals surface area contributed by atoms with E-state index in [0.29, 0.717) is 6.42 Å². The van der Waals surface area contributed by atoms with Crippen molar-refractivity contribution in [3.63, 3.8) is 0 Å². The second-order valence-electron chi connectivity index (χ2n) is 18.5. The maximum Gasteiger partial charge on any atom is 0.472 e. The summed E-state index contributed by atoms with van der Waals surface area (Å²) in [5, 5.41) is 0. The summed E-state index contributed by atoms with van der Waals surface area (Å²) in [5.41, 5.74) is 5.37. The van der Waals surface area contributed by atoms with Gasteiger partial charge in [0.15, 0.2) is 6.10 Å². The Morgan fingerprint density at radius 1 is 0.460 bits per heavy atom. The van der Waals surface area contributed by atoms with E-state index in [0.717, 1.165) is 51.4 Å². The Labute approximate surface area is 389 Å².